The van der Waals surface area contributed by atoms with E-state index < -0.39 is 0 Å². The van der Waals surface area contributed by atoms with Crippen molar-refractivity contribution in [3.63, 3.8) is 0 Å². The normalized spacial score (nSPS) is 20.9. The van der Waals surface area contributed by atoms with Crippen LogP contribution < -0.4 is 15.0 Å². The summed E-state index contributed by atoms with van der Waals surface area (Å²) in [7, 11) is 0. The molecule has 3 aromatic rings. The molecule has 5 nitrogen and oxygen atoms in total. The molecule has 2 atom stereocenters. The molecule has 33 heavy (non-hydrogen) atoms. The summed E-state index contributed by atoms with van der Waals surface area (Å²) in [6.45, 7) is 7.17. The van der Waals surface area contributed by atoms with E-state index in [1.54, 1.807) is 0 Å². The first kappa shape index (κ1) is 22.0. The fourth-order valence-corrected chi connectivity index (χ4v) is 5.99. The molecule has 1 saturated carbocycles. The van der Waals surface area contributed by atoms with Crippen molar-refractivity contribution >= 4 is 23.0 Å². The molecule has 0 amide bonds. The molecule has 1 aliphatic carbocycles. The Morgan fingerprint density at radius 2 is 1.85 bits per heavy atom. The molecule has 5 rings (SSSR count). The Labute approximate surface area is 201 Å². The molecular weight excluding hydrogens is 428 g/mol. The third kappa shape index (κ3) is 4.01. The van der Waals surface area contributed by atoms with Gasteiger partial charge in [0.15, 0.2) is 5.11 Å². The van der Waals surface area contributed by atoms with Crippen molar-refractivity contribution in [2.45, 2.75) is 64.6 Å². The first-order valence-electron chi connectivity index (χ1n) is 12.0. The third-order valence-corrected chi connectivity index (χ3v) is 7.37. The van der Waals surface area contributed by atoms with Crippen LogP contribution >= 0.6 is 12.2 Å². The second-order valence-electron chi connectivity index (χ2n) is 9.06. The van der Waals surface area contributed by atoms with Gasteiger partial charge in [-0.25, -0.2) is 0 Å². The molecule has 3 heterocycles. The molecular formula is C27H32N4OS. The molecule has 2 aliphatic rings. The van der Waals surface area contributed by atoms with E-state index in [9.17, 15) is 0 Å². The highest BCUT2D eigenvalue weighted by Gasteiger charge is 2.42. The molecule has 0 bridgehead atoms. The molecule has 172 valence electrons. The van der Waals surface area contributed by atoms with E-state index in [2.05, 4.69) is 52.9 Å². The van der Waals surface area contributed by atoms with Gasteiger partial charge in [0.2, 0.25) is 0 Å². The number of pyridine rings is 1. The van der Waals surface area contributed by atoms with Gasteiger partial charge >= 0.3 is 0 Å². The van der Waals surface area contributed by atoms with E-state index in [4.69, 9.17) is 21.9 Å². The second kappa shape index (κ2) is 9.18. The molecule has 2 fully saturated rings. The van der Waals surface area contributed by atoms with E-state index in [0.717, 1.165) is 22.2 Å². The number of aryl methyl sites for hydroxylation is 1. The van der Waals surface area contributed by atoms with Crippen LogP contribution in [0.3, 0.4) is 0 Å². The van der Waals surface area contributed by atoms with Crippen LogP contribution in [0.5, 0.6) is 5.75 Å². The number of ether oxygens (including phenoxy) is 1. The maximum absolute atomic E-state index is 5.90. The Balaban J connectivity index is 1.60. The van der Waals surface area contributed by atoms with Gasteiger partial charge in [-0.05, 0) is 93.9 Å². The maximum Gasteiger partial charge on any atom is 0.174 e. The molecule has 0 spiro atoms. The van der Waals surface area contributed by atoms with Crippen LogP contribution in [0.2, 0.25) is 0 Å². The quantitative estimate of drug-likeness (QED) is 0.444. The minimum Gasteiger partial charge on any atom is -0.494 e. The lowest BCUT2D eigenvalue weighted by atomic mass is 9.96. The number of rotatable bonds is 6. The molecule has 2 aromatic heterocycles. The summed E-state index contributed by atoms with van der Waals surface area (Å²) in [4.78, 5) is 6.95. The summed E-state index contributed by atoms with van der Waals surface area (Å²) < 4.78 is 8.23. The summed E-state index contributed by atoms with van der Waals surface area (Å²) in [6, 6.07) is 17.3. The first-order valence-corrected chi connectivity index (χ1v) is 12.4. The number of nitrogens with one attached hydrogen (secondary N) is 1. The number of benzene rings is 1. The van der Waals surface area contributed by atoms with Gasteiger partial charge < -0.3 is 19.5 Å². The number of thiocarbonyl (C=S) groups is 1. The van der Waals surface area contributed by atoms with Crippen LogP contribution in [-0.2, 0) is 0 Å². The zero-order valence-electron chi connectivity index (χ0n) is 19.6. The average Bonchev–Trinajstić information content (AvgIpc) is 3.53. The summed E-state index contributed by atoms with van der Waals surface area (Å²) in [6.07, 6.45) is 7.03. The second-order valence-corrected chi connectivity index (χ2v) is 9.44. The number of anilines is 1. The van der Waals surface area contributed by atoms with Gasteiger partial charge in [-0.2, -0.15) is 0 Å². The molecule has 1 aromatic carbocycles. The number of hydrogen-bond donors (Lipinski definition) is 1. The van der Waals surface area contributed by atoms with Crippen LogP contribution in [0.4, 0.5) is 5.69 Å². The van der Waals surface area contributed by atoms with Gasteiger partial charge in [0.25, 0.3) is 0 Å². The maximum atomic E-state index is 5.90. The Hall–Kier alpha value is -2.86. The number of nitrogens with zero attached hydrogens (tertiary/aromatic N) is 3. The monoisotopic (exact) mass is 460 g/mol. The predicted octanol–water partition coefficient (Wildman–Crippen LogP) is 6.19. The standard InChI is InChI=1S/C27H32N4OS/c1-4-32-22-14-12-21(13-15-22)31-26(25(29-27(31)33)24-11-7-8-16-28-24)23-17-18(2)30(19(23)3)20-9-5-6-10-20/h7-8,11-17,20,25-26H,4-6,9-10H2,1-3H3,(H,29,33)/t25-,26+/m0/s1. The summed E-state index contributed by atoms with van der Waals surface area (Å²) in [5.74, 6) is 0.872. The van der Waals surface area contributed by atoms with Crippen molar-refractivity contribution in [3.05, 3.63) is 77.4 Å². The first-order chi connectivity index (χ1) is 16.1. The van der Waals surface area contributed by atoms with Crippen molar-refractivity contribution < 1.29 is 4.74 Å². The van der Waals surface area contributed by atoms with Gasteiger partial charge in [-0.1, -0.05) is 18.9 Å². The van der Waals surface area contributed by atoms with Crippen molar-refractivity contribution in [2.24, 2.45) is 0 Å². The Bertz CT molecular complexity index is 1120. The highest BCUT2D eigenvalue weighted by atomic mass is 32.1. The molecule has 6 heteroatoms. The Morgan fingerprint density at radius 1 is 1.09 bits per heavy atom. The highest BCUT2D eigenvalue weighted by molar-refractivity contribution is 7.80. The van der Waals surface area contributed by atoms with E-state index in [1.165, 1.54) is 42.6 Å². The Kier molecular flexibility index (Phi) is 6.11. The lowest BCUT2D eigenvalue weighted by molar-refractivity contribution is 0.340. The molecule has 0 radical (unpaired) electrons. The fourth-order valence-electron chi connectivity index (χ4n) is 5.65. The summed E-state index contributed by atoms with van der Waals surface area (Å²) >= 11 is 5.90. The number of hydrogen-bond acceptors (Lipinski definition) is 3. The average molecular weight is 461 g/mol. The molecule has 1 N–H and O–H groups in total. The minimum atomic E-state index is -0.0252. The smallest absolute Gasteiger partial charge is 0.174 e. The zero-order valence-corrected chi connectivity index (χ0v) is 20.4. The lowest BCUT2D eigenvalue weighted by Crippen LogP contribution is -2.29. The SMILES string of the molecule is CCOc1ccc(N2C(=S)N[C@@H](c3ccccn3)[C@H]2c2cc(C)n(C3CCCC3)c2C)cc1. The van der Waals surface area contributed by atoms with Crippen molar-refractivity contribution in [3.8, 4) is 5.75 Å². The largest absolute Gasteiger partial charge is 0.494 e. The van der Waals surface area contributed by atoms with Gasteiger partial charge in [-0.15, -0.1) is 0 Å². The molecule has 0 unspecified atom stereocenters. The lowest BCUT2D eigenvalue weighted by Gasteiger charge is -2.28. The summed E-state index contributed by atoms with van der Waals surface area (Å²) in [5, 5.41) is 4.31. The molecule has 1 saturated heterocycles. The van der Waals surface area contributed by atoms with E-state index in [-0.39, 0.29) is 12.1 Å². The van der Waals surface area contributed by atoms with Crippen LogP contribution in [-0.4, -0.2) is 21.3 Å². The van der Waals surface area contributed by atoms with Gasteiger partial charge in [0, 0.05) is 29.3 Å². The highest BCUT2D eigenvalue weighted by Crippen LogP contribution is 2.45. The van der Waals surface area contributed by atoms with Crippen molar-refractivity contribution in [1.82, 2.24) is 14.9 Å². The van der Waals surface area contributed by atoms with Crippen molar-refractivity contribution in [2.75, 3.05) is 11.5 Å². The van der Waals surface area contributed by atoms with Crippen LogP contribution in [0.25, 0.3) is 0 Å². The van der Waals surface area contributed by atoms with E-state index in [1.807, 2.05) is 37.4 Å². The van der Waals surface area contributed by atoms with Gasteiger partial charge in [0.1, 0.15) is 5.75 Å². The molecule has 1 aliphatic heterocycles. The fraction of sp³-hybridized carbons (Fsp3) is 0.407. The Morgan fingerprint density at radius 3 is 2.52 bits per heavy atom. The van der Waals surface area contributed by atoms with Crippen LogP contribution in [0.15, 0.2) is 54.7 Å². The van der Waals surface area contributed by atoms with Crippen LogP contribution in [0.1, 0.15) is 73.4 Å². The van der Waals surface area contributed by atoms with Crippen molar-refractivity contribution in [1.29, 1.82) is 0 Å². The van der Waals surface area contributed by atoms with Gasteiger partial charge in [-0.3, -0.25) is 4.98 Å². The van der Waals surface area contributed by atoms with Crippen LogP contribution in [0, 0.1) is 13.8 Å². The summed E-state index contributed by atoms with van der Waals surface area (Å²) in [5.41, 5.74) is 6.05. The number of aromatic nitrogens is 2. The zero-order chi connectivity index (χ0) is 22.9. The third-order valence-electron chi connectivity index (χ3n) is 7.06. The van der Waals surface area contributed by atoms with E-state index in [0.29, 0.717) is 12.6 Å². The van der Waals surface area contributed by atoms with Gasteiger partial charge in [0.05, 0.1) is 24.4 Å². The van der Waals surface area contributed by atoms with E-state index >= 15 is 0 Å². The minimum absolute atomic E-state index is 0.0201. The topological polar surface area (TPSA) is 42.3 Å². The predicted molar refractivity (Wildman–Crippen MR) is 137 cm³/mol.